The van der Waals surface area contributed by atoms with Gasteiger partial charge in [0.1, 0.15) is 18.8 Å². The van der Waals surface area contributed by atoms with Crippen LogP contribution < -0.4 is 5.32 Å². The van der Waals surface area contributed by atoms with Gasteiger partial charge in [-0.05, 0) is 10.9 Å². The number of nitrogens with one attached hydrogen (secondary N) is 1. The topological polar surface area (TPSA) is 95.9 Å². The number of hydrogen-bond acceptors (Lipinski definition) is 6. The highest BCUT2D eigenvalue weighted by Gasteiger charge is 2.22. The molecule has 0 radical (unpaired) electrons. The largest absolute Gasteiger partial charge is 0.445 e. The molecule has 0 aliphatic heterocycles. The maximum Gasteiger partial charge on any atom is 0.407 e. The zero-order valence-corrected chi connectivity index (χ0v) is 13.0. The first-order chi connectivity index (χ1) is 11.1. The Labute approximate surface area is 137 Å². The van der Waals surface area contributed by atoms with Crippen molar-refractivity contribution in [2.45, 2.75) is 18.8 Å². The summed E-state index contributed by atoms with van der Waals surface area (Å²) >= 11 is 1.25. The van der Waals surface area contributed by atoms with Gasteiger partial charge >= 0.3 is 6.09 Å². The molecule has 0 fully saturated rings. The number of aldehydes is 1. The Balaban J connectivity index is 1.78. The Kier molecular flexibility index (Phi) is 6.28. The molecule has 2 aromatic rings. The van der Waals surface area contributed by atoms with Crippen LogP contribution in [0.5, 0.6) is 0 Å². The number of aliphatic hydroxyl groups is 2. The van der Waals surface area contributed by atoms with E-state index in [1.54, 1.807) is 10.8 Å². The first kappa shape index (κ1) is 17.1. The van der Waals surface area contributed by atoms with Crippen molar-refractivity contribution in [2.24, 2.45) is 0 Å². The number of rotatable bonds is 7. The van der Waals surface area contributed by atoms with Crippen molar-refractivity contribution in [3.05, 3.63) is 57.8 Å². The lowest BCUT2D eigenvalue weighted by Gasteiger charge is -2.18. The first-order valence-corrected chi connectivity index (χ1v) is 7.88. The van der Waals surface area contributed by atoms with Gasteiger partial charge in [0.2, 0.25) is 0 Å². The van der Waals surface area contributed by atoms with Crippen molar-refractivity contribution in [3.63, 3.8) is 0 Å². The van der Waals surface area contributed by atoms with E-state index in [-0.39, 0.29) is 13.2 Å². The minimum Gasteiger partial charge on any atom is -0.445 e. The summed E-state index contributed by atoms with van der Waals surface area (Å²) < 4.78 is 5.00. The van der Waals surface area contributed by atoms with Crippen LogP contribution in [-0.2, 0) is 11.3 Å². The van der Waals surface area contributed by atoms with Gasteiger partial charge in [0.15, 0.2) is 6.29 Å². The SMILES string of the molecule is O=Cc1cscc1C(O)C(O)CNC(=O)OCc1ccccc1. The second-order valence-electron chi connectivity index (χ2n) is 4.86. The molecule has 122 valence electrons. The molecule has 0 bridgehead atoms. The molecule has 7 heteroatoms. The Hall–Kier alpha value is -2.22. The van der Waals surface area contributed by atoms with Gasteiger partial charge < -0.3 is 20.3 Å². The molecule has 2 unspecified atom stereocenters. The predicted molar refractivity (Wildman–Crippen MR) is 85.3 cm³/mol. The summed E-state index contributed by atoms with van der Waals surface area (Å²) in [5.41, 5.74) is 1.52. The molecule has 0 saturated carbocycles. The fraction of sp³-hybridized carbons (Fsp3) is 0.250. The third kappa shape index (κ3) is 4.88. The van der Waals surface area contributed by atoms with E-state index in [1.165, 1.54) is 11.3 Å². The highest BCUT2D eigenvalue weighted by atomic mass is 32.1. The van der Waals surface area contributed by atoms with Gasteiger partial charge in [-0.1, -0.05) is 30.3 Å². The summed E-state index contributed by atoms with van der Waals surface area (Å²) in [4.78, 5) is 22.4. The number of carbonyl (C=O) groups is 2. The molecule has 0 spiro atoms. The second kappa shape index (κ2) is 8.42. The highest BCUT2D eigenvalue weighted by molar-refractivity contribution is 7.08. The smallest absolute Gasteiger partial charge is 0.407 e. The van der Waals surface area contributed by atoms with Crippen LogP contribution >= 0.6 is 11.3 Å². The molecule has 0 aliphatic carbocycles. The normalized spacial score (nSPS) is 13.1. The summed E-state index contributed by atoms with van der Waals surface area (Å²) in [7, 11) is 0. The van der Waals surface area contributed by atoms with Crippen LogP contribution in [0, 0.1) is 0 Å². The number of benzene rings is 1. The Bertz CT molecular complexity index is 643. The van der Waals surface area contributed by atoms with Crippen LogP contribution in [0.2, 0.25) is 0 Å². The molecule has 6 nitrogen and oxygen atoms in total. The van der Waals surface area contributed by atoms with Crippen LogP contribution in [0.4, 0.5) is 4.79 Å². The van der Waals surface area contributed by atoms with Gasteiger partial charge in [0, 0.05) is 23.1 Å². The summed E-state index contributed by atoms with van der Waals surface area (Å²) in [5.74, 6) is 0. The number of thiophene rings is 1. The van der Waals surface area contributed by atoms with E-state index in [0.717, 1.165) is 5.56 Å². The molecule has 3 N–H and O–H groups in total. The number of carbonyl (C=O) groups excluding carboxylic acids is 2. The molecule has 1 heterocycles. The molecule has 1 aromatic carbocycles. The van der Waals surface area contributed by atoms with Gasteiger partial charge in [-0.25, -0.2) is 4.79 Å². The minimum atomic E-state index is -1.25. The Morgan fingerprint density at radius 3 is 2.70 bits per heavy atom. The van der Waals surface area contributed by atoms with Crippen molar-refractivity contribution >= 4 is 23.7 Å². The maximum absolute atomic E-state index is 11.6. The highest BCUT2D eigenvalue weighted by Crippen LogP contribution is 2.23. The molecule has 0 aliphatic rings. The van der Waals surface area contributed by atoms with Crippen LogP contribution in [0.3, 0.4) is 0 Å². The number of aliphatic hydroxyl groups excluding tert-OH is 2. The van der Waals surface area contributed by atoms with Gasteiger partial charge in [0.25, 0.3) is 0 Å². The van der Waals surface area contributed by atoms with Gasteiger partial charge in [-0.15, -0.1) is 0 Å². The lowest BCUT2D eigenvalue weighted by atomic mass is 10.0. The molecule has 2 rings (SSSR count). The van der Waals surface area contributed by atoms with E-state index >= 15 is 0 Å². The summed E-state index contributed by atoms with van der Waals surface area (Å²) in [6.07, 6.45) is -2.58. The first-order valence-electron chi connectivity index (χ1n) is 6.93. The quantitative estimate of drug-likeness (QED) is 0.672. The van der Waals surface area contributed by atoms with E-state index < -0.39 is 18.3 Å². The van der Waals surface area contributed by atoms with E-state index in [0.29, 0.717) is 17.4 Å². The Morgan fingerprint density at radius 1 is 1.26 bits per heavy atom. The molecular weight excluding hydrogens is 318 g/mol. The lowest BCUT2D eigenvalue weighted by Crippen LogP contribution is -2.35. The zero-order chi connectivity index (χ0) is 16.7. The molecule has 0 saturated heterocycles. The molecule has 1 aromatic heterocycles. The van der Waals surface area contributed by atoms with E-state index in [9.17, 15) is 19.8 Å². The van der Waals surface area contributed by atoms with Crippen LogP contribution in [0.1, 0.15) is 27.6 Å². The average molecular weight is 335 g/mol. The molecule has 23 heavy (non-hydrogen) atoms. The van der Waals surface area contributed by atoms with Crippen LogP contribution in [0.15, 0.2) is 41.1 Å². The number of ether oxygens (including phenoxy) is 1. The Morgan fingerprint density at radius 2 is 2.00 bits per heavy atom. The number of amides is 1. The summed E-state index contributed by atoms with van der Waals surface area (Å²) in [6.45, 7) is -0.0753. The monoisotopic (exact) mass is 335 g/mol. The van der Waals surface area contributed by atoms with Crippen molar-refractivity contribution in [1.82, 2.24) is 5.32 Å². The summed E-state index contributed by atoms with van der Waals surface area (Å²) in [5, 5.41) is 25.5. The maximum atomic E-state index is 11.6. The third-order valence-electron chi connectivity index (χ3n) is 3.20. The molecular formula is C16H17NO5S. The predicted octanol–water partition coefficient (Wildman–Crippen LogP) is 1.88. The van der Waals surface area contributed by atoms with Crippen molar-refractivity contribution < 1.29 is 24.5 Å². The van der Waals surface area contributed by atoms with Gasteiger partial charge in [-0.2, -0.15) is 11.3 Å². The van der Waals surface area contributed by atoms with Crippen LogP contribution in [-0.4, -0.2) is 35.2 Å². The third-order valence-corrected chi connectivity index (χ3v) is 3.98. The van der Waals surface area contributed by atoms with E-state index in [1.807, 2.05) is 30.3 Å². The molecule has 2 atom stereocenters. The van der Waals surface area contributed by atoms with Crippen molar-refractivity contribution in [3.8, 4) is 0 Å². The standard InChI is InChI=1S/C16H17NO5S/c18-7-12-9-23-10-13(12)15(20)14(19)6-17-16(21)22-8-11-4-2-1-3-5-11/h1-5,7,9-10,14-15,19-20H,6,8H2,(H,17,21). The number of alkyl carbamates (subject to hydrolysis) is 1. The summed E-state index contributed by atoms with van der Waals surface area (Å²) in [6, 6.07) is 9.18. The zero-order valence-electron chi connectivity index (χ0n) is 12.2. The van der Waals surface area contributed by atoms with E-state index in [2.05, 4.69) is 5.32 Å². The van der Waals surface area contributed by atoms with Crippen LogP contribution in [0.25, 0.3) is 0 Å². The minimum absolute atomic E-state index is 0.116. The second-order valence-corrected chi connectivity index (χ2v) is 5.60. The average Bonchev–Trinajstić information content (AvgIpc) is 3.06. The lowest BCUT2D eigenvalue weighted by molar-refractivity contribution is 0.0183. The van der Waals surface area contributed by atoms with Crippen molar-refractivity contribution in [1.29, 1.82) is 0 Å². The molecule has 1 amide bonds. The fourth-order valence-corrected chi connectivity index (χ4v) is 2.76. The number of hydrogen-bond donors (Lipinski definition) is 3. The van der Waals surface area contributed by atoms with E-state index in [4.69, 9.17) is 4.74 Å². The van der Waals surface area contributed by atoms with Crippen molar-refractivity contribution in [2.75, 3.05) is 6.54 Å². The fourth-order valence-electron chi connectivity index (χ4n) is 1.93. The van der Waals surface area contributed by atoms with Gasteiger partial charge in [0.05, 0.1) is 0 Å². The van der Waals surface area contributed by atoms with Gasteiger partial charge in [-0.3, -0.25) is 4.79 Å².